The monoisotopic (exact) mass is 274 g/mol. The van der Waals surface area contributed by atoms with Crippen molar-refractivity contribution in [2.45, 2.75) is 26.4 Å². The van der Waals surface area contributed by atoms with Crippen LogP contribution < -0.4 is 4.74 Å². The van der Waals surface area contributed by atoms with E-state index in [4.69, 9.17) is 4.74 Å². The van der Waals surface area contributed by atoms with E-state index in [1.54, 1.807) is 25.3 Å². The lowest BCUT2D eigenvalue weighted by molar-refractivity contribution is 0.172. The first-order chi connectivity index (χ1) is 9.54. The Balaban J connectivity index is 2.32. The number of aryl methyl sites for hydroxylation is 1. The van der Waals surface area contributed by atoms with Crippen molar-refractivity contribution >= 4 is 0 Å². The molecule has 0 radical (unpaired) electrons. The summed E-state index contributed by atoms with van der Waals surface area (Å²) in [6.45, 7) is 3.94. The number of hydrogen-bond donors (Lipinski definition) is 1. The fraction of sp³-hybridized carbons (Fsp3) is 0.294. The van der Waals surface area contributed by atoms with E-state index in [9.17, 15) is 9.50 Å². The molecule has 0 bridgehead atoms. The molecule has 0 spiro atoms. The maximum absolute atomic E-state index is 13.6. The van der Waals surface area contributed by atoms with Crippen molar-refractivity contribution in [1.29, 1.82) is 0 Å². The number of hydrogen-bond acceptors (Lipinski definition) is 2. The summed E-state index contributed by atoms with van der Waals surface area (Å²) < 4.78 is 19.0. The van der Waals surface area contributed by atoms with Crippen LogP contribution in [-0.2, 0) is 6.42 Å². The van der Waals surface area contributed by atoms with Gasteiger partial charge >= 0.3 is 0 Å². The van der Waals surface area contributed by atoms with E-state index < -0.39 is 6.10 Å². The third kappa shape index (κ3) is 2.83. The van der Waals surface area contributed by atoms with Crippen LogP contribution in [0.4, 0.5) is 4.39 Å². The smallest absolute Gasteiger partial charge is 0.127 e. The highest BCUT2D eigenvalue weighted by atomic mass is 19.1. The minimum atomic E-state index is -0.791. The molecule has 1 atom stereocenters. The predicted molar refractivity (Wildman–Crippen MR) is 77.5 cm³/mol. The van der Waals surface area contributed by atoms with Crippen LogP contribution >= 0.6 is 0 Å². The Kier molecular flexibility index (Phi) is 4.40. The van der Waals surface area contributed by atoms with E-state index in [2.05, 4.69) is 0 Å². The van der Waals surface area contributed by atoms with E-state index in [0.29, 0.717) is 16.9 Å². The van der Waals surface area contributed by atoms with Crippen molar-refractivity contribution in [3.05, 3.63) is 64.5 Å². The maximum atomic E-state index is 13.6. The summed E-state index contributed by atoms with van der Waals surface area (Å²) in [4.78, 5) is 0. The molecular formula is C17H19FO2. The highest BCUT2D eigenvalue weighted by molar-refractivity contribution is 5.46. The second-order valence-corrected chi connectivity index (χ2v) is 4.94. The summed E-state index contributed by atoms with van der Waals surface area (Å²) in [5.74, 6) is 0.378. The van der Waals surface area contributed by atoms with Gasteiger partial charge in [-0.3, -0.25) is 0 Å². The zero-order valence-corrected chi connectivity index (χ0v) is 12.0. The Morgan fingerprint density at radius 3 is 2.50 bits per heavy atom. The molecule has 0 saturated heterocycles. The summed E-state index contributed by atoms with van der Waals surface area (Å²) in [6.07, 6.45) is -0.563. The molecule has 1 N–H and O–H groups in total. The highest BCUT2D eigenvalue weighted by Crippen LogP contribution is 2.32. The summed E-state index contributed by atoms with van der Waals surface area (Å²) in [7, 11) is 1.58. The molecule has 0 aliphatic rings. The molecular weight excluding hydrogens is 255 g/mol. The molecule has 2 aromatic rings. The van der Waals surface area contributed by atoms with Gasteiger partial charge in [0.25, 0.3) is 0 Å². The average Bonchev–Trinajstić information content (AvgIpc) is 2.44. The van der Waals surface area contributed by atoms with Gasteiger partial charge in [0.2, 0.25) is 0 Å². The quantitative estimate of drug-likeness (QED) is 0.920. The van der Waals surface area contributed by atoms with Crippen molar-refractivity contribution in [3.8, 4) is 5.75 Å². The Hall–Kier alpha value is -1.87. The molecule has 0 saturated carbocycles. The molecule has 2 nitrogen and oxygen atoms in total. The summed E-state index contributed by atoms with van der Waals surface area (Å²) in [5, 5.41) is 10.4. The first-order valence-corrected chi connectivity index (χ1v) is 6.60. The molecule has 20 heavy (non-hydrogen) atoms. The Bertz CT molecular complexity index is 608. The molecule has 0 aliphatic carbocycles. The zero-order chi connectivity index (χ0) is 14.7. The zero-order valence-electron chi connectivity index (χ0n) is 12.0. The number of ether oxygens (including phenoxy) is 1. The predicted octanol–water partition coefficient (Wildman–Crippen LogP) is 3.73. The van der Waals surface area contributed by atoms with Crippen molar-refractivity contribution in [1.82, 2.24) is 0 Å². The van der Waals surface area contributed by atoms with Crippen LogP contribution in [0.5, 0.6) is 5.75 Å². The van der Waals surface area contributed by atoms with Crippen molar-refractivity contribution in [2.24, 2.45) is 0 Å². The van der Waals surface area contributed by atoms with E-state index in [1.165, 1.54) is 6.07 Å². The summed E-state index contributed by atoms with van der Waals surface area (Å²) in [5.41, 5.74) is 3.29. The van der Waals surface area contributed by atoms with E-state index in [1.807, 2.05) is 26.0 Å². The standard InChI is InChI=1S/C17H19FO2/c1-11-8-9-14(17(20-3)12(11)2)16(19)10-13-6-4-5-7-15(13)18/h4-9,16,19H,10H2,1-3H3. The number of aliphatic hydroxyl groups is 1. The van der Waals surface area contributed by atoms with Crippen LogP contribution in [0.25, 0.3) is 0 Å². The molecule has 106 valence electrons. The van der Waals surface area contributed by atoms with Crippen molar-refractivity contribution < 1.29 is 14.2 Å². The largest absolute Gasteiger partial charge is 0.496 e. The van der Waals surface area contributed by atoms with Gasteiger partial charge in [-0.2, -0.15) is 0 Å². The second kappa shape index (κ2) is 6.06. The van der Waals surface area contributed by atoms with E-state index >= 15 is 0 Å². The lowest BCUT2D eigenvalue weighted by Gasteiger charge is -2.18. The first-order valence-electron chi connectivity index (χ1n) is 6.60. The van der Waals surface area contributed by atoms with Crippen LogP contribution in [0.3, 0.4) is 0 Å². The SMILES string of the molecule is COc1c(C(O)Cc2ccccc2F)ccc(C)c1C. The van der Waals surface area contributed by atoms with E-state index in [-0.39, 0.29) is 12.2 Å². The Morgan fingerprint density at radius 2 is 1.85 bits per heavy atom. The maximum Gasteiger partial charge on any atom is 0.127 e. The van der Waals surface area contributed by atoms with Gasteiger partial charge in [-0.15, -0.1) is 0 Å². The number of benzene rings is 2. The van der Waals surface area contributed by atoms with Gasteiger partial charge in [-0.25, -0.2) is 4.39 Å². The van der Waals surface area contributed by atoms with Gasteiger partial charge < -0.3 is 9.84 Å². The minimum Gasteiger partial charge on any atom is -0.496 e. The molecule has 3 heteroatoms. The van der Waals surface area contributed by atoms with Crippen molar-refractivity contribution in [2.75, 3.05) is 7.11 Å². The molecule has 2 rings (SSSR count). The molecule has 0 aliphatic heterocycles. The Morgan fingerprint density at radius 1 is 1.15 bits per heavy atom. The number of rotatable bonds is 4. The first kappa shape index (κ1) is 14.5. The molecule has 1 unspecified atom stereocenters. The van der Waals surface area contributed by atoms with Crippen LogP contribution in [0.2, 0.25) is 0 Å². The number of methoxy groups -OCH3 is 1. The third-order valence-electron chi connectivity index (χ3n) is 3.64. The third-order valence-corrected chi connectivity index (χ3v) is 3.64. The van der Waals surface area contributed by atoms with E-state index in [0.717, 1.165) is 11.1 Å². The number of aliphatic hydroxyl groups excluding tert-OH is 1. The van der Waals surface area contributed by atoms with Gasteiger partial charge in [0.05, 0.1) is 13.2 Å². The van der Waals surface area contributed by atoms with Crippen LogP contribution in [0.1, 0.15) is 28.4 Å². The molecule has 0 fully saturated rings. The van der Waals surface area contributed by atoms with Gasteiger partial charge in [0, 0.05) is 12.0 Å². The highest BCUT2D eigenvalue weighted by Gasteiger charge is 2.17. The van der Waals surface area contributed by atoms with Gasteiger partial charge in [-0.1, -0.05) is 30.3 Å². The van der Waals surface area contributed by atoms with Crippen LogP contribution in [0.15, 0.2) is 36.4 Å². The molecule has 0 amide bonds. The topological polar surface area (TPSA) is 29.5 Å². The average molecular weight is 274 g/mol. The van der Waals surface area contributed by atoms with Gasteiger partial charge in [0.1, 0.15) is 11.6 Å². The fourth-order valence-corrected chi connectivity index (χ4v) is 2.33. The Labute approximate surface area is 118 Å². The van der Waals surface area contributed by atoms with Crippen molar-refractivity contribution in [3.63, 3.8) is 0 Å². The number of halogens is 1. The lowest BCUT2D eigenvalue weighted by atomic mass is 9.96. The van der Waals surface area contributed by atoms with Gasteiger partial charge in [-0.05, 0) is 36.6 Å². The lowest BCUT2D eigenvalue weighted by Crippen LogP contribution is -2.07. The molecule has 0 aromatic heterocycles. The molecule has 0 heterocycles. The summed E-state index contributed by atoms with van der Waals surface area (Å²) in [6, 6.07) is 10.3. The second-order valence-electron chi connectivity index (χ2n) is 4.94. The molecule has 2 aromatic carbocycles. The van der Waals surface area contributed by atoms with Gasteiger partial charge in [0.15, 0.2) is 0 Å². The minimum absolute atomic E-state index is 0.228. The van der Waals surface area contributed by atoms with Crippen LogP contribution in [0, 0.1) is 19.7 Å². The fourth-order valence-electron chi connectivity index (χ4n) is 2.33. The summed E-state index contributed by atoms with van der Waals surface area (Å²) >= 11 is 0. The normalized spacial score (nSPS) is 12.2. The van der Waals surface area contributed by atoms with Crippen LogP contribution in [-0.4, -0.2) is 12.2 Å².